The number of rotatable bonds is 13. The second-order valence-electron chi connectivity index (χ2n) is 8.77. The van der Waals surface area contributed by atoms with Crippen molar-refractivity contribution in [2.45, 2.75) is 62.6 Å². The molecule has 2 aromatic rings. The number of nitrogens with one attached hydrogen (secondary N) is 1. The summed E-state index contributed by atoms with van der Waals surface area (Å²) in [6.07, 6.45) is -0.708. The van der Waals surface area contributed by atoms with Crippen LogP contribution in [0.1, 0.15) is 39.0 Å². The Morgan fingerprint density at radius 3 is 2.63 bits per heavy atom. The second kappa shape index (κ2) is 13.5. The van der Waals surface area contributed by atoms with Gasteiger partial charge in [-0.05, 0) is 25.0 Å². The number of benzene rings is 1. The van der Waals surface area contributed by atoms with Gasteiger partial charge in [-0.1, -0.05) is 44.9 Å². The number of hydrogen-bond donors (Lipinski definition) is 3. The highest BCUT2D eigenvalue weighted by Gasteiger charge is 2.46. The number of aliphatic hydroxyl groups is 1. The van der Waals surface area contributed by atoms with E-state index in [4.69, 9.17) is 19.5 Å². The number of nitrogen functional groups attached to an aromatic ring is 1. The normalized spacial score (nSPS) is 23.6. The van der Waals surface area contributed by atoms with Gasteiger partial charge in [0, 0.05) is 0 Å². The molecule has 0 radical (unpaired) electrons. The predicted molar refractivity (Wildman–Crippen MR) is 140 cm³/mol. The number of aromatic nitrogens is 3. The molecule has 2 heterocycles. The molecule has 0 aliphatic carbocycles. The molecule has 1 aromatic heterocycles. The van der Waals surface area contributed by atoms with E-state index in [1.54, 1.807) is 30.3 Å². The summed E-state index contributed by atoms with van der Waals surface area (Å²) in [4.78, 5) is 31.9. The smallest absolute Gasteiger partial charge is 0.459 e. The highest BCUT2D eigenvalue weighted by atomic mass is 32.2. The van der Waals surface area contributed by atoms with Crippen molar-refractivity contribution in [2.24, 2.45) is 5.92 Å². The van der Waals surface area contributed by atoms with E-state index in [0.29, 0.717) is 0 Å². The van der Waals surface area contributed by atoms with Crippen molar-refractivity contribution >= 4 is 31.4 Å². The molecule has 1 aliphatic rings. The number of nitrogens with zero attached hydrogens (tertiary/aromatic N) is 3. The van der Waals surface area contributed by atoms with Gasteiger partial charge in [-0.15, -0.1) is 11.8 Å². The van der Waals surface area contributed by atoms with Crippen molar-refractivity contribution in [2.75, 3.05) is 18.9 Å². The van der Waals surface area contributed by atoms with Crippen LogP contribution in [0.2, 0.25) is 0 Å². The number of carbonyl (C=O) groups is 1. The third-order valence-electron chi connectivity index (χ3n) is 6.01. The Labute approximate surface area is 224 Å². The molecule has 38 heavy (non-hydrogen) atoms. The first-order chi connectivity index (χ1) is 18.1. The first kappa shape index (κ1) is 30.0. The number of alkyl halides is 1. The lowest BCUT2D eigenvalue weighted by atomic mass is 10.1. The molecule has 1 saturated heterocycles. The van der Waals surface area contributed by atoms with Crippen molar-refractivity contribution in [3.05, 3.63) is 47.1 Å². The third kappa shape index (κ3) is 7.76. The molecule has 1 aromatic carbocycles. The van der Waals surface area contributed by atoms with Crippen molar-refractivity contribution in [3.8, 4) is 5.75 Å². The lowest BCUT2D eigenvalue weighted by molar-refractivity contribution is -0.146. The number of esters is 1. The van der Waals surface area contributed by atoms with Crippen LogP contribution in [0.15, 0.2) is 41.5 Å². The summed E-state index contributed by atoms with van der Waals surface area (Å²) in [5.41, 5.74) is 4.57. The number of anilines is 1. The summed E-state index contributed by atoms with van der Waals surface area (Å²) in [5, 5.41) is 11.0. The number of halogens is 1. The van der Waals surface area contributed by atoms with Crippen molar-refractivity contribution in [3.63, 3.8) is 0 Å². The summed E-state index contributed by atoms with van der Waals surface area (Å²) in [5.74, 6) is -0.495. The highest BCUT2D eigenvalue weighted by molar-refractivity contribution is 8.00. The number of ether oxygens (including phenoxy) is 1. The van der Waals surface area contributed by atoms with E-state index < -0.39 is 55.0 Å². The van der Waals surface area contributed by atoms with Gasteiger partial charge >= 0.3 is 19.4 Å². The van der Waals surface area contributed by atoms with E-state index in [9.17, 15) is 23.7 Å². The molecule has 1 aliphatic heterocycles. The van der Waals surface area contributed by atoms with Crippen LogP contribution in [-0.4, -0.2) is 62.4 Å². The SMILES string of the molecule is CCC(CC)COC(=O)[C@H](C)NP(=O)(OC[C@H]1S[C@@H](n2cnc(N)nc2=O)C(F)[C@H]1O)Oc1ccccc1. The minimum Gasteiger partial charge on any atom is -0.464 e. The molecule has 12 nitrogen and oxygen atoms in total. The Hall–Kier alpha value is -2.51. The zero-order valence-corrected chi connectivity index (χ0v) is 23.0. The number of carbonyl (C=O) groups excluding carboxylic acids is 1. The van der Waals surface area contributed by atoms with E-state index in [2.05, 4.69) is 15.1 Å². The van der Waals surface area contributed by atoms with Crippen molar-refractivity contribution in [1.82, 2.24) is 19.6 Å². The number of thioether (sulfide) groups is 1. The van der Waals surface area contributed by atoms with Gasteiger partial charge in [0.05, 0.1) is 18.5 Å². The first-order valence-corrected chi connectivity index (χ1v) is 14.7. The molecule has 2 unspecified atom stereocenters. The molecule has 1 fully saturated rings. The minimum absolute atomic E-state index is 0.201. The van der Waals surface area contributed by atoms with Gasteiger partial charge in [-0.2, -0.15) is 10.1 Å². The van der Waals surface area contributed by atoms with Crippen LogP contribution in [0.25, 0.3) is 0 Å². The number of aliphatic hydroxyl groups excluding tert-OH is 1. The van der Waals surface area contributed by atoms with Gasteiger partial charge in [0.25, 0.3) is 0 Å². The largest absolute Gasteiger partial charge is 0.464 e. The van der Waals surface area contributed by atoms with Crippen molar-refractivity contribution < 1.29 is 32.6 Å². The van der Waals surface area contributed by atoms with Crippen LogP contribution in [0.4, 0.5) is 10.3 Å². The van der Waals surface area contributed by atoms with Crippen LogP contribution in [0.5, 0.6) is 5.75 Å². The van der Waals surface area contributed by atoms with Gasteiger partial charge in [0.2, 0.25) is 5.95 Å². The fourth-order valence-electron chi connectivity index (χ4n) is 3.62. The standard InChI is InChI=1S/C23H33FN5O7PS/c1-4-15(5-2)11-34-21(31)14(3)28-37(33,36-16-9-7-6-8-10-16)35-12-17-19(30)18(24)20(38-17)29-13-26-22(25)27-23(29)32/h6-10,13-15,17-20,30H,4-5,11-12H2,1-3H3,(H,28,33)(H2,25,27,32)/t14-,17+,18?,19-,20+,37?/m0/s1. The van der Waals surface area contributed by atoms with E-state index in [-0.39, 0.29) is 24.2 Å². The maximum atomic E-state index is 14.9. The Bertz CT molecular complexity index is 1170. The van der Waals surface area contributed by atoms with Crippen LogP contribution >= 0.6 is 19.5 Å². The molecule has 0 bridgehead atoms. The number of nitrogens with two attached hydrogens (primary N) is 1. The van der Waals surface area contributed by atoms with E-state index in [1.165, 1.54) is 6.92 Å². The monoisotopic (exact) mass is 573 g/mol. The molecule has 0 saturated carbocycles. The fraction of sp³-hybridized carbons (Fsp3) is 0.565. The van der Waals surface area contributed by atoms with Gasteiger partial charge in [-0.3, -0.25) is 13.9 Å². The van der Waals surface area contributed by atoms with Gasteiger partial charge < -0.3 is 20.1 Å². The summed E-state index contributed by atoms with van der Waals surface area (Å²) in [6, 6.07) is 7.09. The maximum absolute atomic E-state index is 14.9. The average Bonchev–Trinajstić information content (AvgIpc) is 3.17. The number of para-hydroxylation sites is 1. The summed E-state index contributed by atoms with van der Waals surface area (Å²) < 4.78 is 46.1. The van der Waals surface area contributed by atoms with Crippen LogP contribution in [0, 0.1) is 5.92 Å². The highest BCUT2D eigenvalue weighted by Crippen LogP contribution is 2.48. The zero-order chi connectivity index (χ0) is 27.9. The molecular formula is C23H33FN5O7PS. The average molecular weight is 574 g/mol. The Kier molecular flexibility index (Phi) is 10.7. The second-order valence-corrected chi connectivity index (χ2v) is 11.8. The molecule has 4 N–H and O–H groups in total. The predicted octanol–water partition coefficient (Wildman–Crippen LogP) is 2.69. The molecular weight excluding hydrogens is 540 g/mol. The summed E-state index contributed by atoms with van der Waals surface area (Å²) >= 11 is 0.885. The minimum atomic E-state index is -4.23. The Morgan fingerprint density at radius 1 is 1.32 bits per heavy atom. The summed E-state index contributed by atoms with van der Waals surface area (Å²) in [7, 11) is -4.23. The molecule has 15 heteroatoms. The van der Waals surface area contributed by atoms with Crippen LogP contribution in [-0.2, 0) is 18.6 Å². The van der Waals surface area contributed by atoms with Crippen LogP contribution in [0.3, 0.4) is 0 Å². The van der Waals surface area contributed by atoms with E-state index in [0.717, 1.165) is 35.5 Å². The molecule has 0 amide bonds. The van der Waals surface area contributed by atoms with Crippen molar-refractivity contribution in [1.29, 1.82) is 0 Å². The van der Waals surface area contributed by atoms with E-state index >= 15 is 0 Å². The Balaban J connectivity index is 1.71. The topological polar surface area (TPSA) is 168 Å². The van der Waals surface area contributed by atoms with Gasteiger partial charge in [0.1, 0.15) is 29.6 Å². The summed E-state index contributed by atoms with van der Waals surface area (Å²) in [6.45, 7) is 5.25. The maximum Gasteiger partial charge on any atom is 0.459 e. The number of hydrogen-bond acceptors (Lipinski definition) is 11. The molecule has 0 spiro atoms. The fourth-order valence-corrected chi connectivity index (χ4v) is 6.64. The third-order valence-corrected chi connectivity index (χ3v) is 9.19. The quantitative estimate of drug-likeness (QED) is 0.237. The molecule has 210 valence electrons. The van der Waals surface area contributed by atoms with E-state index in [1.807, 2.05) is 13.8 Å². The zero-order valence-electron chi connectivity index (χ0n) is 21.3. The molecule has 3 rings (SSSR count). The van der Waals surface area contributed by atoms with Gasteiger partial charge in [0.15, 0.2) is 6.17 Å². The lowest BCUT2D eigenvalue weighted by Gasteiger charge is -2.25. The van der Waals surface area contributed by atoms with Crippen LogP contribution < -0.4 is 21.0 Å². The lowest BCUT2D eigenvalue weighted by Crippen LogP contribution is -2.37. The first-order valence-electron chi connectivity index (χ1n) is 12.2. The Morgan fingerprint density at radius 2 is 2.00 bits per heavy atom. The molecule has 6 atom stereocenters. The van der Waals surface area contributed by atoms with Gasteiger partial charge in [-0.25, -0.2) is 18.7 Å².